The summed E-state index contributed by atoms with van der Waals surface area (Å²) in [5, 5.41) is 8.83. The first-order valence-electron chi connectivity index (χ1n) is 2.94. The lowest BCUT2D eigenvalue weighted by atomic mass is 10.4. The molecule has 0 fully saturated rings. The molecular formula is C5H10BClO3. The molecule has 0 aliphatic heterocycles. The van der Waals surface area contributed by atoms with Crippen LogP contribution in [-0.4, -0.2) is 45.0 Å². The van der Waals surface area contributed by atoms with Gasteiger partial charge in [-0.2, -0.15) is 0 Å². The first-order valence-corrected chi connectivity index (χ1v) is 3.48. The Hall–Kier alpha value is 0.235. The Balaban J connectivity index is 2.89. The number of halogens is 1. The molecule has 0 spiro atoms. The predicted molar refractivity (Wildman–Crippen MR) is 39.3 cm³/mol. The average Bonchev–Trinajstić information content (AvgIpc) is 1.98. The van der Waals surface area contributed by atoms with Gasteiger partial charge >= 0.3 is 0 Å². The zero-order valence-electron chi connectivity index (χ0n) is 5.62. The van der Waals surface area contributed by atoms with E-state index in [1.807, 2.05) is 0 Å². The first kappa shape index (κ1) is 10.2. The first-order chi connectivity index (χ1) is 4.81. The highest BCUT2D eigenvalue weighted by molar-refractivity contribution is 6.18. The van der Waals surface area contributed by atoms with Crippen molar-refractivity contribution in [1.82, 2.24) is 0 Å². The summed E-state index contributed by atoms with van der Waals surface area (Å²) in [6.45, 7) is 0.937. The Kier molecular flexibility index (Phi) is 7.52. The van der Waals surface area contributed by atoms with E-state index in [9.17, 15) is 0 Å². The van der Waals surface area contributed by atoms with Crippen molar-refractivity contribution in [3.05, 3.63) is 0 Å². The minimum atomic E-state index is -0.598. The Labute approximate surface area is 66.7 Å². The molecule has 0 bridgehead atoms. The van der Waals surface area contributed by atoms with E-state index in [0.29, 0.717) is 13.2 Å². The molecule has 0 aliphatic carbocycles. The van der Waals surface area contributed by atoms with Crippen LogP contribution in [0.15, 0.2) is 0 Å². The highest BCUT2D eigenvalue weighted by Crippen LogP contribution is 1.88. The molecule has 0 aromatic heterocycles. The van der Waals surface area contributed by atoms with Gasteiger partial charge < -0.3 is 14.5 Å². The maximum absolute atomic E-state index is 8.83. The summed E-state index contributed by atoms with van der Waals surface area (Å²) in [7, 11) is 4.71. The van der Waals surface area contributed by atoms with Crippen LogP contribution in [0, 0.1) is 0 Å². The van der Waals surface area contributed by atoms with E-state index in [1.54, 1.807) is 0 Å². The van der Waals surface area contributed by atoms with Gasteiger partial charge in [-0.3, -0.25) is 0 Å². The molecule has 58 valence electrons. The van der Waals surface area contributed by atoms with Crippen LogP contribution < -0.4 is 0 Å². The second-order valence-corrected chi connectivity index (χ2v) is 2.06. The molecule has 0 heterocycles. The van der Waals surface area contributed by atoms with Gasteiger partial charge in [-0.05, 0) is 0 Å². The summed E-state index contributed by atoms with van der Waals surface area (Å²) in [6.07, 6.45) is -0.598. The second kappa shape index (κ2) is 7.34. The summed E-state index contributed by atoms with van der Waals surface area (Å²) >= 11 is 5.28. The molecule has 1 atom stereocenters. The monoisotopic (exact) mass is 164 g/mol. The standard InChI is InChI=1S/C5H10BClO3/c6-10-2-1-9-4-5(8)3-7/h5,8H,1-4H2. The third-order valence-electron chi connectivity index (χ3n) is 0.834. The molecule has 0 aliphatic rings. The van der Waals surface area contributed by atoms with Crippen molar-refractivity contribution in [2.45, 2.75) is 6.10 Å². The molecule has 1 unspecified atom stereocenters. The number of hydrogen-bond donors (Lipinski definition) is 1. The summed E-state index contributed by atoms with van der Waals surface area (Å²) in [5.74, 6) is 0.184. The second-order valence-electron chi connectivity index (χ2n) is 1.75. The van der Waals surface area contributed by atoms with Crippen LogP contribution >= 0.6 is 11.6 Å². The zero-order valence-corrected chi connectivity index (χ0v) is 6.38. The largest absolute Gasteiger partial charge is 0.445 e. The summed E-state index contributed by atoms with van der Waals surface area (Å²) in [6, 6.07) is 0. The summed E-state index contributed by atoms with van der Waals surface area (Å²) in [5.41, 5.74) is 0. The number of hydrogen-bond acceptors (Lipinski definition) is 3. The minimum absolute atomic E-state index is 0.184. The van der Waals surface area contributed by atoms with Crippen LogP contribution in [0.5, 0.6) is 0 Å². The van der Waals surface area contributed by atoms with Crippen molar-refractivity contribution in [1.29, 1.82) is 0 Å². The lowest BCUT2D eigenvalue weighted by Crippen LogP contribution is -2.18. The molecule has 10 heavy (non-hydrogen) atoms. The van der Waals surface area contributed by atoms with Crippen molar-refractivity contribution in [2.24, 2.45) is 0 Å². The molecule has 1 N–H and O–H groups in total. The van der Waals surface area contributed by atoms with E-state index in [1.165, 1.54) is 0 Å². The zero-order chi connectivity index (χ0) is 7.82. The van der Waals surface area contributed by atoms with Crippen molar-refractivity contribution in [3.63, 3.8) is 0 Å². The van der Waals surface area contributed by atoms with Gasteiger partial charge in [0.05, 0.1) is 31.8 Å². The van der Waals surface area contributed by atoms with Gasteiger partial charge in [-0.25, -0.2) is 0 Å². The maximum atomic E-state index is 8.83. The van der Waals surface area contributed by atoms with Crippen LogP contribution in [0.3, 0.4) is 0 Å². The molecule has 2 radical (unpaired) electrons. The number of ether oxygens (including phenoxy) is 1. The Morgan fingerprint density at radius 3 is 2.70 bits per heavy atom. The highest BCUT2D eigenvalue weighted by Gasteiger charge is 1.99. The lowest BCUT2D eigenvalue weighted by Gasteiger charge is -2.06. The smallest absolute Gasteiger partial charge is 0.282 e. The van der Waals surface area contributed by atoms with Crippen molar-refractivity contribution in [3.8, 4) is 0 Å². The Morgan fingerprint density at radius 1 is 1.50 bits per heavy atom. The fraction of sp³-hybridized carbons (Fsp3) is 1.00. The van der Waals surface area contributed by atoms with Crippen molar-refractivity contribution in [2.75, 3.05) is 25.7 Å². The summed E-state index contributed by atoms with van der Waals surface area (Å²) in [4.78, 5) is 0. The molecular weight excluding hydrogens is 154 g/mol. The average molecular weight is 164 g/mol. The molecule has 0 amide bonds. The summed E-state index contributed by atoms with van der Waals surface area (Å²) < 4.78 is 9.10. The molecule has 0 aromatic rings. The van der Waals surface area contributed by atoms with Crippen LogP contribution in [-0.2, 0) is 9.39 Å². The van der Waals surface area contributed by atoms with E-state index < -0.39 is 6.10 Å². The van der Waals surface area contributed by atoms with Crippen molar-refractivity contribution < 1.29 is 14.5 Å². The van der Waals surface area contributed by atoms with Gasteiger partial charge in [0.15, 0.2) is 0 Å². The van der Waals surface area contributed by atoms with Gasteiger partial charge in [-0.1, -0.05) is 0 Å². The van der Waals surface area contributed by atoms with Gasteiger partial charge in [0.25, 0.3) is 8.05 Å². The van der Waals surface area contributed by atoms with Crippen LogP contribution in [0.4, 0.5) is 0 Å². The van der Waals surface area contributed by atoms with E-state index in [0.717, 1.165) is 0 Å². The molecule has 0 rings (SSSR count). The van der Waals surface area contributed by atoms with Gasteiger partial charge in [-0.15, -0.1) is 11.6 Å². The molecule has 0 saturated carbocycles. The van der Waals surface area contributed by atoms with Crippen LogP contribution in [0.1, 0.15) is 0 Å². The molecule has 0 aromatic carbocycles. The molecule has 5 heteroatoms. The van der Waals surface area contributed by atoms with E-state index in [4.69, 9.17) is 29.5 Å². The quantitative estimate of drug-likeness (QED) is 0.333. The highest BCUT2D eigenvalue weighted by atomic mass is 35.5. The van der Waals surface area contributed by atoms with Crippen LogP contribution in [0.2, 0.25) is 0 Å². The van der Waals surface area contributed by atoms with Gasteiger partial charge in [0, 0.05) is 0 Å². The number of aliphatic hydroxyl groups excluding tert-OH is 1. The Bertz CT molecular complexity index is 73.9. The maximum Gasteiger partial charge on any atom is 0.282 e. The number of rotatable bonds is 6. The molecule has 3 nitrogen and oxygen atoms in total. The fourth-order valence-electron chi connectivity index (χ4n) is 0.371. The normalized spacial score (nSPS) is 13.4. The minimum Gasteiger partial charge on any atom is -0.445 e. The van der Waals surface area contributed by atoms with Gasteiger partial charge in [0.2, 0.25) is 0 Å². The van der Waals surface area contributed by atoms with E-state index in [-0.39, 0.29) is 12.5 Å². The van der Waals surface area contributed by atoms with E-state index >= 15 is 0 Å². The van der Waals surface area contributed by atoms with Crippen molar-refractivity contribution >= 4 is 19.7 Å². The third-order valence-corrected chi connectivity index (χ3v) is 1.19. The number of aliphatic hydroxyl groups is 1. The topological polar surface area (TPSA) is 38.7 Å². The lowest BCUT2D eigenvalue weighted by molar-refractivity contribution is 0.0354. The fourth-order valence-corrected chi connectivity index (χ4v) is 0.460. The predicted octanol–water partition coefficient (Wildman–Crippen LogP) is -0.297. The SMILES string of the molecule is [B]OCCOCC(O)CCl. The number of alkyl halides is 1. The third kappa shape index (κ3) is 6.36. The molecule has 0 saturated heterocycles. The van der Waals surface area contributed by atoms with Crippen LogP contribution in [0.25, 0.3) is 0 Å². The van der Waals surface area contributed by atoms with Gasteiger partial charge in [0.1, 0.15) is 0 Å². The van der Waals surface area contributed by atoms with E-state index in [2.05, 4.69) is 4.65 Å². The Morgan fingerprint density at radius 2 is 2.20 bits per heavy atom.